The van der Waals surface area contributed by atoms with Gasteiger partial charge in [0.05, 0.1) is 0 Å². The van der Waals surface area contributed by atoms with E-state index in [1.165, 1.54) is 38.9 Å². The third-order valence-corrected chi connectivity index (χ3v) is 5.99. The second-order valence-electron chi connectivity index (χ2n) is 7.57. The molecule has 0 spiro atoms. The fraction of sp³-hybridized carbons (Fsp3) is 0.286. The van der Waals surface area contributed by atoms with Crippen LogP contribution in [-0.2, 0) is 18.3 Å². The Morgan fingerprint density at radius 3 is 2.32 bits per heavy atom. The molecular weight excluding hydrogens is 336 g/mol. The largest absolute Gasteiger partial charge is 0.0829 e. The molecule has 0 nitrogen and oxygen atoms in total. The van der Waals surface area contributed by atoms with Crippen LogP contribution >= 0.6 is 0 Å². The molecule has 1 atom stereocenters. The van der Waals surface area contributed by atoms with E-state index in [4.69, 9.17) is 0 Å². The third-order valence-electron chi connectivity index (χ3n) is 5.99. The predicted octanol–water partition coefficient (Wildman–Crippen LogP) is 7.59. The summed E-state index contributed by atoms with van der Waals surface area (Å²) in [4.78, 5) is 0. The monoisotopic (exact) mass is 368 g/mol. The zero-order valence-corrected chi connectivity index (χ0v) is 16.8. The van der Waals surface area contributed by atoms with Gasteiger partial charge in [-0.15, -0.1) is 0 Å². The molecule has 0 bridgehead atoms. The summed E-state index contributed by atoms with van der Waals surface area (Å²) in [5, 5.41) is 0. The van der Waals surface area contributed by atoms with Gasteiger partial charge >= 0.3 is 0 Å². The van der Waals surface area contributed by atoms with Crippen molar-refractivity contribution in [1.82, 2.24) is 0 Å². The van der Waals surface area contributed by atoms with Crippen molar-refractivity contribution in [3.63, 3.8) is 0 Å². The number of benzene rings is 3. The summed E-state index contributed by atoms with van der Waals surface area (Å²) >= 11 is 0. The molecule has 0 saturated heterocycles. The van der Waals surface area contributed by atoms with Crippen LogP contribution in [0.15, 0.2) is 72.8 Å². The quantitative estimate of drug-likeness (QED) is 0.409. The van der Waals surface area contributed by atoms with Crippen molar-refractivity contribution >= 4 is 0 Å². The Balaban J connectivity index is 0.000000728. The topological polar surface area (TPSA) is 0 Å². The van der Waals surface area contributed by atoms with Gasteiger partial charge in [-0.2, -0.15) is 0 Å². The molecule has 0 amide bonds. The first-order valence-electron chi connectivity index (χ1n) is 10.2. The first-order valence-corrected chi connectivity index (χ1v) is 10.2. The second kappa shape index (κ2) is 7.80. The van der Waals surface area contributed by atoms with E-state index in [-0.39, 0.29) is 12.8 Å². The highest BCUT2D eigenvalue weighted by Crippen LogP contribution is 2.55. The molecule has 0 aromatic heterocycles. The van der Waals surface area contributed by atoms with Gasteiger partial charge < -0.3 is 0 Å². The lowest BCUT2D eigenvalue weighted by Crippen LogP contribution is -2.29. The highest BCUT2D eigenvalue weighted by Gasteiger charge is 2.44. The second-order valence-corrected chi connectivity index (χ2v) is 7.57. The molecule has 0 aliphatic heterocycles. The van der Waals surface area contributed by atoms with Crippen LogP contribution in [0.5, 0.6) is 0 Å². The number of allylic oxidation sites excluding steroid dienone is 2. The maximum atomic E-state index is 2.48. The van der Waals surface area contributed by atoms with Crippen molar-refractivity contribution in [2.45, 2.75) is 53.4 Å². The summed E-state index contributed by atoms with van der Waals surface area (Å²) in [6.45, 7) is 8.47. The van der Waals surface area contributed by atoms with E-state index < -0.39 is 0 Å². The van der Waals surface area contributed by atoms with Crippen LogP contribution in [0, 0.1) is 13.8 Å². The van der Waals surface area contributed by atoms with Gasteiger partial charge in [-0.3, -0.25) is 0 Å². The van der Waals surface area contributed by atoms with Crippen molar-refractivity contribution in [3.05, 3.63) is 106 Å². The van der Waals surface area contributed by atoms with Crippen LogP contribution in [0.1, 0.15) is 54.7 Å². The van der Waals surface area contributed by atoms with Crippen molar-refractivity contribution in [3.8, 4) is 11.1 Å². The fourth-order valence-corrected chi connectivity index (χ4v) is 4.86. The molecule has 144 valence electrons. The molecule has 0 heterocycles. The molecule has 28 heavy (non-hydrogen) atoms. The zero-order valence-electron chi connectivity index (χ0n) is 16.8. The van der Waals surface area contributed by atoms with E-state index in [0.717, 1.165) is 12.8 Å². The molecule has 0 saturated carbocycles. The number of rotatable bonds is 2. The van der Waals surface area contributed by atoms with Crippen LogP contribution in [-0.4, -0.2) is 0 Å². The minimum atomic E-state index is -0.0162. The van der Waals surface area contributed by atoms with Gasteiger partial charge in [0.15, 0.2) is 0 Å². The average molecular weight is 369 g/mol. The van der Waals surface area contributed by atoms with Crippen molar-refractivity contribution in [2.24, 2.45) is 0 Å². The van der Waals surface area contributed by atoms with E-state index in [1.807, 2.05) is 13.8 Å². The van der Waals surface area contributed by atoms with Crippen LogP contribution < -0.4 is 0 Å². The van der Waals surface area contributed by atoms with Crippen LogP contribution in [0.3, 0.4) is 0 Å². The molecule has 0 fully saturated rings. The van der Waals surface area contributed by atoms with Gasteiger partial charge in [-0.1, -0.05) is 99.7 Å². The molecular formula is C28H32. The predicted molar refractivity (Wildman–Crippen MR) is 123 cm³/mol. The van der Waals surface area contributed by atoms with Crippen molar-refractivity contribution in [1.29, 1.82) is 0 Å². The van der Waals surface area contributed by atoms with E-state index in [2.05, 4.69) is 86.7 Å². The minimum Gasteiger partial charge on any atom is -0.0829 e. The fourth-order valence-electron chi connectivity index (χ4n) is 4.86. The number of aryl methyl sites for hydroxylation is 2. The average Bonchev–Trinajstić information content (AvgIpc) is 2.97. The Hall–Kier alpha value is -2.60. The van der Waals surface area contributed by atoms with Gasteiger partial charge in [0, 0.05) is 5.41 Å². The molecule has 0 heteroatoms. The smallest absolute Gasteiger partial charge is 0.0437 e. The highest BCUT2D eigenvalue weighted by atomic mass is 14.5. The zero-order chi connectivity index (χ0) is 19.0. The summed E-state index contributed by atoms with van der Waals surface area (Å²) < 4.78 is 0. The SMILES string of the molecule is C.CC.Cc1ccc2c(c1)C1(Cc3ccccc3)C=CCc3c(C)ccc-2c31. The van der Waals surface area contributed by atoms with E-state index in [1.54, 1.807) is 5.56 Å². The van der Waals surface area contributed by atoms with Gasteiger partial charge in [0.1, 0.15) is 0 Å². The lowest BCUT2D eigenvalue weighted by Gasteiger charge is -2.34. The first-order chi connectivity index (χ1) is 13.2. The summed E-state index contributed by atoms with van der Waals surface area (Å²) in [7, 11) is 0. The summed E-state index contributed by atoms with van der Waals surface area (Å²) in [5.74, 6) is 0. The van der Waals surface area contributed by atoms with Gasteiger partial charge in [-0.05, 0) is 65.6 Å². The number of hydrogen-bond donors (Lipinski definition) is 0. The Labute approximate surface area is 171 Å². The van der Waals surface area contributed by atoms with Crippen LogP contribution in [0.25, 0.3) is 11.1 Å². The lowest BCUT2D eigenvalue weighted by molar-refractivity contribution is 0.636. The molecule has 0 radical (unpaired) electrons. The Bertz CT molecular complexity index is 1010. The van der Waals surface area contributed by atoms with Gasteiger partial charge in [0.25, 0.3) is 0 Å². The van der Waals surface area contributed by atoms with Crippen molar-refractivity contribution in [2.75, 3.05) is 0 Å². The van der Waals surface area contributed by atoms with E-state index >= 15 is 0 Å². The van der Waals surface area contributed by atoms with Gasteiger partial charge in [-0.25, -0.2) is 0 Å². The number of fused-ring (bicyclic) bond motifs is 3. The highest BCUT2D eigenvalue weighted by molar-refractivity contribution is 5.85. The van der Waals surface area contributed by atoms with Crippen LogP contribution in [0.4, 0.5) is 0 Å². The lowest BCUT2D eigenvalue weighted by atomic mass is 9.68. The molecule has 5 rings (SSSR count). The minimum absolute atomic E-state index is 0. The summed E-state index contributed by atoms with van der Waals surface area (Å²) in [6, 6.07) is 22.6. The van der Waals surface area contributed by atoms with E-state index in [9.17, 15) is 0 Å². The molecule has 2 aliphatic rings. The molecule has 0 N–H and O–H groups in total. The van der Waals surface area contributed by atoms with E-state index in [0.29, 0.717) is 0 Å². The third kappa shape index (κ3) is 2.92. The number of hydrogen-bond acceptors (Lipinski definition) is 0. The molecule has 3 aromatic carbocycles. The Morgan fingerprint density at radius 2 is 1.57 bits per heavy atom. The Morgan fingerprint density at radius 1 is 0.857 bits per heavy atom. The first kappa shape index (κ1) is 20.1. The molecule has 3 aromatic rings. The molecule has 2 aliphatic carbocycles. The Kier molecular flexibility index (Phi) is 5.61. The standard InChI is InChI=1S/C25H22.C2H6.CH4/c1-17-10-12-21-22-13-11-18(2)20-9-6-14-25(24(20)22,23(21)15-17)16-19-7-4-3-5-8-19;1-2;/h3-8,10-15H,9,16H2,1-2H3;1-2H3;1H4. The van der Waals surface area contributed by atoms with Crippen LogP contribution in [0.2, 0.25) is 0 Å². The van der Waals surface area contributed by atoms with Gasteiger partial charge in [0.2, 0.25) is 0 Å². The summed E-state index contributed by atoms with van der Waals surface area (Å²) in [5.41, 5.74) is 11.6. The summed E-state index contributed by atoms with van der Waals surface area (Å²) in [6.07, 6.45) is 6.96. The normalized spacial score (nSPS) is 17.7. The molecule has 1 unspecified atom stereocenters. The maximum Gasteiger partial charge on any atom is 0.0437 e. The van der Waals surface area contributed by atoms with Crippen molar-refractivity contribution < 1.29 is 0 Å². The maximum absolute atomic E-state index is 2.48.